The number of carbonyl (C=O) groups excluding carboxylic acids is 2. The second-order valence-electron chi connectivity index (χ2n) is 6.63. The van der Waals surface area contributed by atoms with Gasteiger partial charge in [0.25, 0.3) is 5.91 Å². The highest BCUT2D eigenvalue weighted by Gasteiger charge is 2.27. The molecule has 0 aliphatic carbocycles. The summed E-state index contributed by atoms with van der Waals surface area (Å²) in [6, 6.07) is 14.5. The van der Waals surface area contributed by atoms with Gasteiger partial charge in [-0.2, -0.15) is 0 Å². The number of hydrogen-bond acceptors (Lipinski definition) is 5. The van der Waals surface area contributed by atoms with Crippen molar-refractivity contribution in [3.05, 3.63) is 54.1 Å². The summed E-state index contributed by atoms with van der Waals surface area (Å²) >= 11 is 0. The summed E-state index contributed by atoms with van der Waals surface area (Å²) in [6.45, 7) is 1.31. The summed E-state index contributed by atoms with van der Waals surface area (Å²) in [6.07, 6.45) is 0.287. The van der Waals surface area contributed by atoms with E-state index in [2.05, 4.69) is 10.6 Å². The Morgan fingerprint density at radius 3 is 2.75 bits per heavy atom. The maximum absolute atomic E-state index is 12.4. The summed E-state index contributed by atoms with van der Waals surface area (Å²) in [4.78, 5) is 26.7. The first-order chi connectivity index (χ1) is 13.6. The molecule has 148 valence electrons. The van der Waals surface area contributed by atoms with Crippen LogP contribution in [0, 0.1) is 0 Å². The highest BCUT2D eigenvalue weighted by atomic mass is 16.5. The molecule has 0 bridgehead atoms. The van der Waals surface area contributed by atoms with Gasteiger partial charge in [0, 0.05) is 32.0 Å². The largest absolute Gasteiger partial charge is 0.489 e. The third-order valence-electron chi connectivity index (χ3n) is 4.65. The molecular formula is C21H25N3O4. The third kappa shape index (κ3) is 4.80. The molecule has 2 aromatic carbocycles. The average Bonchev–Trinajstić information content (AvgIpc) is 2.71. The molecule has 7 nitrogen and oxygen atoms in total. The van der Waals surface area contributed by atoms with Crippen LogP contribution in [0.15, 0.2) is 48.5 Å². The number of nitrogens with zero attached hydrogens (tertiary/aromatic N) is 1. The number of methoxy groups -OCH3 is 1. The summed E-state index contributed by atoms with van der Waals surface area (Å²) in [7, 11) is 3.50. The van der Waals surface area contributed by atoms with Crippen molar-refractivity contribution in [2.45, 2.75) is 12.5 Å². The van der Waals surface area contributed by atoms with Gasteiger partial charge < -0.3 is 25.0 Å². The van der Waals surface area contributed by atoms with E-state index in [0.29, 0.717) is 31.1 Å². The quantitative estimate of drug-likeness (QED) is 0.717. The molecule has 3 rings (SSSR count). The molecule has 0 saturated heterocycles. The Balaban J connectivity index is 1.65. The summed E-state index contributed by atoms with van der Waals surface area (Å²) in [5.74, 6) is 0.455. The number of amides is 2. The molecule has 1 atom stereocenters. The Labute approximate surface area is 164 Å². The van der Waals surface area contributed by atoms with E-state index in [1.54, 1.807) is 25.3 Å². The highest BCUT2D eigenvalue weighted by molar-refractivity contribution is 5.96. The van der Waals surface area contributed by atoms with Gasteiger partial charge in [-0.05, 0) is 30.3 Å². The molecule has 0 aromatic heterocycles. The van der Waals surface area contributed by atoms with Gasteiger partial charge in [0.1, 0.15) is 12.4 Å². The Kier molecular flexibility index (Phi) is 6.49. The molecule has 2 aromatic rings. The highest BCUT2D eigenvalue weighted by Crippen LogP contribution is 2.34. The molecule has 0 saturated carbocycles. The van der Waals surface area contributed by atoms with Crippen molar-refractivity contribution in [1.82, 2.24) is 5.32 Å². The van der Waals surface area contributed by atoms with E-state index in [0.717, 1.165) is 11.4 Å². The van der Waals surface area contributed by atoms with E-state index in [1.807, 2.05) is 42.3 Å². The Hall–Kier alpha value is -3.06. The van der Waals surface area contributed by atoms with Crippen molar-refractivity contribution in [2.24, 2.45) is 0 Å². The fourth-order valence-corrected chi connectivity index (χ4v) is 3.06. The minimum atomic E-state index is -0.169. The lowest BCUT2D eigenvalue weighted by molar-refractivity contribution is -0.116. The first-order valence-corrected chi connectivity index (χ1v) is 9.20. The van der Waals surface area contributed by atoms with E-state index in [-0.39, 0.29) is 24.3 Å². The molecule has 7 heteroatoms. The summed E-state index contributed by atoms with van der Waals surface area (Å²) in [5.41, 5.74) is 2.10. The zero-order chi connectivity index (χ0) is 19.9. The zero-order valence-corrected chi connectivity index (χ0v) is 16.1. The number of nitrogens with one attached hydrogen (secondary N) is 2. The topological polar surface area (TPSA) is 79.9 Å². The van der Waals surface area contributed by atoms with Crippen molar-refractivity contribution in [3.8, 4) is 5.75 Å². The molecule has 1 aliphatic rings. The number of benzene rings is 2. The molecule has 0 radical (unpaired) electrons. The normalized spacial score (nSPS) is 15.4. The van der Waals surface area contributed by atoms with Crippen LogP contribution >= 0.6 is 0 Å². The predicted octanol–water partition coefficient (Wildman–Crippen LogP) is 2.29. The number of likely N-dealkylation sites (N-methyl/N-ethyl adjacent to an activating group) is 1. The number of carbonyl (C=O) groups is 2. The summed E-state index contributed by atoms with van der Waals surface area (Å²) < 4.78 is 10.8. The number of hydrogen-bond donors (Lipinski definition) is 2. The second kappa shape index (κ2) is 9.23. The monoisotopic (exact) mass is 383 g/mol. The first kappa shape index (κ1) is 19.7. The van der Waals surface area contributed by atoms with Gasteiger partial charge in [-0.3, -0.25) is 9.59 Å². The molecule has 0 fully saturated rings. The van der Waals surface area contributed by atoms with Gasteiger partial charge in [0.15, 0.2) is 0 Å². The second-order valence-corrected chi connectivity index (χ2v) is 6.63. The Morgan fingerprint density at radius 1 is 1.21 bits per heavy atom. The Bertz CT molecular complexity index is 826. The van der Waals surface area contributed by atoms with Crippen LogP contribution in [-0.4, -0.2) is 51.8 Å². The van der Waals surface area contributed by atoms with Gasteiger partial charge in [0.05, 0.1) is 24.8 Å². The molecule has 28 heavy (non-hydrogen) atoms. The predicted molar refractivity (Wildman–Crippen MR) is 108 cm³/mol. The molecule has 2 N–H and O–H groups in total. The average molecular weight is 383 g/mol. The number of rotatable bonds is 7. The van der Waals surface area contributed by atoms with E-state index >= 15 is 0 Å². The third-order valence-corrected chi connectivity index (χ3v) is 4.65. The molecule has 1 heterocycles. The zero-order valence-electron chi connectivity index (χ0n) is 16.1. The van der Waals surface area contributed by atoms with E-state index in [1.165, 1.54) is 0 Å². The van der Waals surface area contributed by atoms with Crippen molar-refractivity contribution in [3.63, 3.8) is 0 Å². The number of anilines is 2. The van der Waals surface area contributed by atoms with Crippen molar-refractivity contribution in [2.75, 3.05) is 44.1 Å². The van der Waals surface area contributed by atoms with Crippen LogP contribution in [0.3, 0.4) is 0 Å². The van der Waals surface area contributed by atoms with Crippen molar-refractivity contribution >= 4 is 23.2 Å². The van der Waals surface area contributed by atoms with Gasteiger partial charge in [0.2, 0.25) is 5.91 Å². The van der Waals surface area contributed by atoms with Crippen LogP contribution < -0.4 is 20.3 Å². The van der Waals surface area contributed by atoms with Crippen LogP contribution in [0.2, 0.25) is 0 Å². The fraction of sp³-hybridized carbons (Fsp3) is 0.333. The number of fused-ring (bicyclic) bond motifs is 1. The maximum atomic E-state index is 12.4. The van der Waals surface area contributed by atoms with Crippen LogP contribution in [0.1, 0.15) is 16.8 Å². The molecule has 0 spiro atoms. The van der Waals surface area contributed by atoms with E-state index < -0.39 is 0 Å². The van der Waals surface area contributed by atoms with E-state index in [9.17, 15) is 9.59 Å². The van der Waals surface area contributed by atoms with Gasteiger partial charge in [-0.25, -0.2) is 0 Å². The van der Waals surface area contributed by atoms with Gasteiger partial charge >= 0.3 is 0 Å². The van der Waals surface area contributed by atoms with Crippen molar-refractivity contribution < 1.29 is 19.1 Å². The minimum Gasteiger partial charge on any atom is -0.489 e. The molecule has 2 amide bonds. The molecular weight excluding hydrogens is 358 g/mol. The van der Waals surface area contributed by atoms with Gasteiger partial charge in [-0.1, -0.05) is 18.2 Å². The standard InChI is InChI=1S/C21H25N3O4/c1-24-17(13-20(25)23-16-6-4-3-5-7-16)14-28-19-9-8-15(12-18(19)24)21(26)22-10-11-27-2/h3-9,12,17H,10-11,13-14H2,1-2H3,(H,22,26)(H,23,25). The van der Waals surface area contributed by atoms with Crippen LogP contribution in [0.5, 0.6) is 5.75 Å². The van der Waals surface area contributed by atoms with Crippen LogP contribution in [0.4, 0.5) is 11.4 Å². The lowest BCUT2D eigenvalue weighted by Crippen LogP contribution is -2.42. The van der Waals surface area contributed by atoms with Crippen LogP contribution in [-0.2, 0) is 9.53 Å². The van der Waals surface area contributed by atoms with Crippen LogP contribution in [0.25, 0.3) is 0 Å². The first-order valence-electron chi connectivity index (χ1n) is 9.20. The molecule has 1 unspecified atom stereocenters. The fourth-order valence-electron chi connectivity index (χ4n) is 3.06. The number of ether oxygens (including phenoxy) is 2. The summed E-state index contributed by atoms with van der Waals surface area (Å²) in [5, 5.41) is 5.70. The SMILES string of the molecule is COCCNC(=O)c1ccc2c(c1)N(C)C(CC(=O)Nc1ccccc1)CO2. The van der Waals surface area contributed by atoms with Crippen molar-refractivity contribution in [1.29, 1.82) is 0 Å². The molecule has 1 aliphatic heterocycles. The maximum Gasteiger partial charge on any atom is 0.251 e. The lowest BCUT2D eigenvalue weighted by Gasteiger charge is -2.35. The smallest absolute Gasteiger partial charge is 0.251 e. The Morgan fingerprint density at radius 2 is 2.00 bits per heavy atom. The van der Waals surface area contributed by atoms with Gasteiger partial charge in [-0.15, -0.1) is 0 Å². The minimum absolute atomic E-state index is 0.0800. The lowest BCUT2D eigenvalue weighted by atomic mass is 10.1. The number of para-hydroxylation sites is 1. The van der Waals surface area contributed by atoms with E-state index in [4.69, 9.17) is 9.47 Å².